The number of nitrogens with zero attached hydrogens (tertiary/aromatic N) is 3. The predicted molar refractivity (Wildman–Crippen MR) is 82.9 cm³/mol. The van der Waals surface area contributed by atoms with Crippen LogP contribution in [0.2, 0.25) is 0 Å². The van der Waals surface area contributed by atoms with Gasteiger partial charge in [-0.25, -0.2) is 0 Å². The third kappa shape index (κ3) is 2.62. The van der Waals surface area contributed by atoms with Crippen molar-refractivity contribution in [3.05, 3.63) is 70.8 Å². The molecule has 0 saturated heterocycles. The molecule has 3 aromatic rings. The predicted octanol–water partition coefficient (Wildman–Crippen LogP) is 4.87. The highest BCUT2D eigenvalue weighted by molar-refractivity contribution is 5.96. The lowest BCUT2D eigenvalue weighted by atomic mass is 10.1. The third-order valence-electron chi connectivity index (χ3n) is 3.21. The van der Waals surface area contributed by atoms with Crippen molar-refractivity contribution in [2.45, 2.75) is 0 Å². The molecule has 6 nitrogen and oxygen atoms in total. The second-order valence-electron chi connectivity index (χ2n) is 4.62. The Morgan fingerprint density at radius 3 is 2.23 bits per heavy atom. The first-order valence-corrected chi connectivity index (χ1v) is 6.52. The van der Waals surface area contributed by atoms with Crippen LogP contribution in [-0.4, -0.2) is 10.0 Å². The van der Waals surface area contributed by atoms with E-state index in [2.05, 4.69) is 10.2 Å². The molecule has 0 heterocycles. The van der Waals surface area contributed by atoms with Crippen molar-refractivity contribution in [3.8, 4) is 5.75 Å². The summed E-state index contributed by atoms with van der Waals surface area (Å²) >= 11 is 0. The number of phenols is 1. The highest BCUT2D eigenvalue weighted by Crippen LogP contribution is 2.33. The zero-order valence-corrected chi connectivity index (χ0v) is 11.4. The molecule has 0 radical (unpaired) electrons. The van der Waals surface area contributed by atoms with Crippen molar-refractivity contribution < 1.29 is 10.0 Å². The molecule has 0 fully saturated rings. The molecule has 0 aliphatic heterocycles. The first-order chi connectivity index (χ1) is 10.6. The minimum absolute atomic E-state index is 0.00836. The van der Waals surface area contributed by atoms with Gasteiger partial charge in [0.1, 0.15) is 5.75 Å². The van der Waals surface area contributed by atoms with Crippen molar-refractivity contribution >= 4 is 27.8 Å². The Balaban J connectivity index is 1.96. The molecule has 22 heavy (non-hydrogen) atoms. The minimum Gasteiger partial charge on any atom is -0.507 e. The molecule has 0 atom stereocenters. The molecule has 0 bridgehead atoms. The summed E-state index contributed by atoms with van der Waals surface area (Å²) in [5.41, 5.74) is 1.14. The van der Waals surface area contributed by atoms with Gasteiger partial charge in [-0.05, 0) is 24.3 Å². The molecular weight excluding hydrogens is 282 g/mol. The van der Waals surface area contributed by atoms with E-state index in [0.29, 0.717) is 16.8 Å². The molecule has 0 aliphatic rings. The van der Waals surface area contributed by atoms with E-state index in [1.807, 2.05) is 18.2 Å². The summed E-state index contributed by atoms with van der Waals surface area (Å²) in [4.78, 5) is 10.1. The van der Waals surface area contributed by atoms with Crippen LogP contribution in [0.25, 0.3) is 10.8 Å². The fraction of sp³-hybridized carbons (Fsp3) is 0. The summed E-state index contributed by atoms with van der Waals surface area (Å²) < 4.78 is 0. The van der Waals surface area contributed by atoms with Crippen LogP contribution in [-0.2, 0) is 0 Å². The third-order valence-corrected chi connectivity index (χ3v) is 3.21. The van der Waals surface area contributed by atoms with Crippen LogP contribution in [0.4, 0.5) is 17.1 Å². The van der Waals surface area contributed by atoms with Crippen molar-refractivity contribution in [1.82, 2.24) is 0 Å². The number of nitro benzene ring substituents is 1. The van der Waals surface area contributed by atoms with Gasteiger partial charge in [-0.15, -0.1) is 5.11 Å². The number of hydrogen-bond donors (Lipinski definition) is 1. The lowest BCUT2D eigenvalue weighted by Crippen LogP contribution is -1.85. The number of aromatic hydroxyl groups is 1. The summed E-state index contributed by atoms with van der Waals surface area (Å²) in [5.74, 6) is 0.185. The van der Waals surface area contributed by atoms with Crippen molar-refractivity contribution in [2.75, 3.05) is 0 Å². The lowest BCUT2D eigenvalue weighted by Gasteiger charge is -2.03. The van der Waals surface area contributed by atoms with Crippen LogP contribution >= 0.6 is 0 Å². The van der Waals surface area contributed by atoms with Gasteiger partial charge in [0.2, 0.25) is 0 Å². The summed E-state index contributed by atoms with van der Waals surface area (Å²) in [7, 11) is 0. The second-order valence-corrected chi connectivity index (χ2v) is 4.62. The number of hydrogen-bond acceptors (Lipinski definition) is 5. The van der Waals surface area contributed by atoms with Crippen molar-refractivity contribution in [1.29, 1.82) is 0 Å². The van der Waals surface area contributed by atoms with Gasteiger partial charge in [-0.2, -0.15) is 5.11 Å². The average molecular weight is 293 g/mol. The van der Waals surface area contributed by atoms with E-state index in [0.717, 1.165) is 5.39 Å². The topological polar surface area (TPSA) is 88.1 Å². The van der Waals surface area contributed by atoms with Gasteiger partial charge in [0.15, 0.2) is 0 Å². The summed E-state index contributed by atoms with van der Waals surface area (Å²) in [5, 5.41) is 30.1. The van der Waals surface area contributed by atoms with Crippen LogP contribution < -0.4 is 0 Å². The maximum Gasteiger partial charge on any atom is 0.269 e. The van der Waals surface area contributed by atoms with Crippen molar-refractivity contribution in [2.24, 2.45) is 10.2 Å². The number of rotatable bonds is 3. The summed E-state index contributed by atoms with van der Waals surface area (Å²) in [6.07, 6.45) is 0. The van der Waals surface area contributed by atoms with E-state index in [4.69, 9.17) is 0 Å². The van der Waals surface area contributed by atoms with Crippen LogP contribution in [0, 0.1) is 10.1 Å². The number of phenolic OH excluding ortho intramolecular Hbond substituents is 1. The fourth-order valence-electron chi connectivity index (χ4n) is 2.11. The van der Waals surface area contributed by atoms with Crippen LogP contribution in [0.15, 0.2) is 70.9 Å². The molecule has 0 spiro atoms. The normalized spacial score (nSPS) is 11.1. The Kier molecular flexibility index (Phi) is 3.49. The number of fused-ring (bicyclic) bond motifs is 1. The zero-order valence-electron chi connectivity index (χ0n) is 11.4. The highest BCUT2D eigenvalue weighted by atomic mass is 16.6. The molecule has 0 aromatic heterocycles. The maximum absolute atomic E-state index is 10.6. The molecule has 0 unspecified atom stereocenters. The van der Waals surface area contributed by atoms with E-state index < -0.39 is 4.92 Å². The smallest absolute Gasteiger partial charge is 0.269 e. The monoisotopic (exact) mass is 293 g/mol. The Morgan fingerprint density at radius 1 is 0.864 bits per heavy atom. The van der Waals surface area contributed by atoms with Gasteiger partial charge in [0.25, 0.3) is 5.69 Å². The van der Waals surface area contributed by atoms with E-state index >= 15 is 0 Å². The van der Waals surface area contributed by atoms with Gasteiger partial charge in [0.05, 0.1) is 16.3 Å². The molecule has 108 valence electrons. The Labute approximate surface area is 125 Å². The van der Waals surface area contributed by atoms with Crippen LogP contribution in [0.1, 0.15) is 0 Å². The SMILES string of the molecule is O=[N+]([O-])c1ccc(/N=N/c2ccc(O)c3ccccc23)cc1. The molecule has 0 amide bonds. The van der Waals surface area contributed by atoms with Gasteiger partial charge < -0.3 is 5.11 Å². The molecule has 6 heteroatoms. The number of nitro groups is 1. The average Bonchev–Trinajstić information content (AvgIpc) is 2.55. The molecular formula is C16H11N3O3. The molecule has 0 aliphatic carbocycles. The molecule has 1 N–H and O–H groups in total. The van der Waals surface area contributed by atoms with Gasteiger partial charge >= 0.3 is 0 Å². The zero-order chi connectivity index (χ0) is 15.5. The largest absolute Gasteiger partial charge is 0.507 e. The molecule has 3 aromatic carbocycles. The van der Waals surface area contributed by atoms with Crippen molar-refractivity contribution in [3.63, 3.8) is 0 Å². The van der Waals surface area contributed by atoms with E-state index in [-0.39, 0.29) is 11.4 Å². The Hall–Kier alpha value is -3.28. The first-order valence-electron chi connectivity index (χ1n) is 6.52. The lowest BCUT2D eigenvalue weighted by molar-refractivity contribution is -0.384. The van der Waals surface area contributed by atoms with Crippen LogP contribution in [0.5, 0.6) is 5.75 Å². The van der Waals surface area contributed by atoms with Gasteiger partial charge in [0, 0.05) is 22.9 Å². The van der Waals surface area contributed by atoms with E-state index in [1.54, 1.807) is 18.2 Å². The van der Waals surface area contributed by atoms with E-state index in [9.17, 15) is 15.2 Å². The quantitative estimate of drug-likeness (QED) is 0.424. The summed E-state index contributed by atoms with van der Waals surface area (Å²) in [6.45, 7) is 0. The number of azo groups is 1. The highest BCUT2D eigenvalue weighted by Gasteiger charge is 2.05. The minimum atomic E-state index is -0.464. The number of benzene rings is 3. The van der Waals surface area contributed by atoms with Crippen LogP contribution in [0.3, 0.4) is 0 Å². The maximum atomic E-state index is 10.6. The van der Waals surface area contributed by atoms with Gasteiger partial charge in [-0.3, -0.25) is 10.1 Å². The standard InChI is InChI=1S/C16H11N3O3/c20-16-10-9-15(13-3-1-2-4-14(13)16)18-17-11-5-7-12(8-6-11)19(21)22/h1-10,20H/b18-17+. The molecule has 0 saturated carbocycles. The van der Waals surface area contributed by atoms with E-state index in [1.165, 1.54) is 24.3 Å². The Morgan fingerprint density at radius 2 is 1.55 bits per heavy atom. The summed E-state index contributed by atoms with van der Waals surface area (Å²) in [6, 6.07) is 16.4. The fourth-order valence-corrected chi connectivity index (χ4v) is 2.11. The Bertz CT molecular complexity index is 873. The second kappa shape index (κ2) is 5.61. The number of non-ortho nitro benzene ring substituents is 1. The van der Waals surface area contributed by atoms with Gasteiger partial charge in [-0.1, -0.05) is 24.3 Å². The first kappa shape index (κ1) is 13.7. The molecule has 3 rings (SSSR count).